The number of aryl methyl sites for hydroxylation is 3. The van der Waals surface area contributed by atoms with Gasteiger partial charge >= 0.3 is 0 Å². The lowest BCUT2D eigenvalue weighted by atomic mass is 9.95. The lowest BCUT2D eigenvalue weighted by Crippen LogP contribution is -2.15. The van der Waals surface area contributed by atoms with Gasteiger partial charge in [-0.3, -0.25) is 4.79 Å². The number of nitriles is 1. The Bertz CT molecular complexity index is 860. The number of hydrogen-bond donors (Lipinski definition) is 1. The summed E-state index contributed by atoms with van der Waals surface area (Å²) in [4.78, 5) is 16.9. The van der Waals surface area contributed by atoms with Gasteiger partial charge in [0.25, 0.3) is 0 Å². The van der Waals surface area contributed by atoms with E-state index < -0.39 is 0 Å². The fourth-order valence-electron chi connectivity index (χ4n) is 2.85. The molecule has 1 aromatic carbocycles. The van der Waals surface area contributed by atoms with Crippen molar-refractivity contribution in [3.63, 3.8) is 0 Å². The summed E-state index contributed by atoms with van der Waals surface area (Å²) >= 11 is 7.28. The Morgan fingerprint density at radius 2 is 2.16 bits per heavy atom. The third-order valence-corrected chi connectivity index (χ3v) is 5.43. The van der Waals surface area contributed by atoms with E-state index in [-0.39, 0.29) is 11.7 Å². The van der Waals surface area contributed by atoms with E-state index in [4.69, 9.17) is 11.6 Å². The molecule has 1 amide bonds. The van der Waals surface area contributed by atoms with Crippen LogP contribution in [-0.4, -0.2) is 16.6 Å². The summed E-state index contributed by atoms with van der Waals surface area (Å²) in [6.07, 6.45) is 4.21. The molecular formula is C19H18ClN3OS. The first-order valence-electron chi connectivity index (χ1n) is 8.18. The third-order valence-electron chi connectivity index (χ3n) is 4.20. The predicted molar refractivity (Wildman–Crippen MR) is 101 cm³/mol. The van der Waals surface area contributed by atoms with Gasteiger partial charge in [-0.15, -0.1) is 0 Å². The van der Waals surface area contributed by atoms with Gasteiger partial charge in [0.05, 0.1) is 11.3 Å². The van der Waals surface area contributed by atoms with Crippen LogP contribution in [0.15, 0.2) is 29.3 Å². The third kappa shape index (κ3) is 4.33. The van der Waals surface area contributed by atoms with E-state index in [1.165, 1.54) is 17.3 Å². The molecule has 1 N–H and O–H groups in total. The summed E-state index contributed by atoms with van der Waals surface area (Å²) < 4.78 is 0. The Balaban J connectivity index is 1.70. The number of anilines is 1. The zero-order chi connectivity index (χ0) is 17.8. The van der Waals surface area contributed by atoms with Crippen LogP contribution in [-0.2, 0) is 17.6 Å². The van der Waals surface area contributed by atoms with E-state index in [2.05, 4.69) is 16.4 Å². The Morgan fingerprint density at radius 1 is 1.36 bits per heavy atom. The lowest BCUT2D eigenvalue weighted by Gasteiger charge is -2.16. The number of carbonyl (C=O) groups excluding carboxylic acids is 1. The molecule has 2 aromatic rings. The van der Waals surface area contributed by atoms with Crippen LogP contribution in [0.3, 0.4) is 0 Å². The Labute approximate surface area is 156 Å². The molecule has 0 bridgehead atoms. The van der Waals surface area contributed by atoms with Crippen molar-refractivity contribution in [1.82, 2.24) is 4.98 Å². The quantitative estimate of drug-likeness (QED) is 0.802. The zero-order valence-corrected chi connectivity index (χ0v) is 15.5. The van der Waals surface area contributed by atoms with Gasteiger partial charge in [0, 0.05) is 16.4 Å². The van der Waals surface area contributed by atoms with Crippen LogP contribution in [0.5, 0.6) is 0 Å². The number of rotatable bonds is 4. The van der Waals surface area contributed by atoms with Crippen LogP contribution in [0, 0.1) is 18.3 Å². The molecule has 1 aliphatic carbocycles. The zero-order valence-electron chi connectivity index (χ0n) is 13.9. The van der Waals surface area contributed by atoms with Crippen molar-refractivity contribution < 1.29 is 4.79 Å². The second-order valence-electron chi connectivity index (χ2n) is 6.06. The predicted octanol–water partition coefficient (Wildman–Crippen LogP) is 4.52. The number of fused-ring (bicyclic) bond motifs is 1. The van der Waals surface area contributed by atoms with Crippen LogP contribution in [0.1, 0.15) is 35.2 Å². The van der Waals surface area contributed by atoms with Crippen molar-refractivity contribution in [2.24, 2.45) is 0 Å². The van der Waals surface area contributed by atoms with E-state index >= 15 is 0 Å². The van der Waals surface area contributed by atoms with Crippen LogP contribution >= 0.6 is 23.4 Å². The van der Waals surface area contributed by atoms with Gasteiger partial charge in [-0.1, -0.05) is 29.4 Å². The van der Waals surface area contributed by atoms with Crippen molar-refractivity contribution >= 4 is 35.0 Å². The van der Waals surface area contributed by atoms with Crippen LogP contribution in [0.25, 0.3) is 0 Å². The number of halogens is 1. The number of pyridine rings is 1. The van der Waals surface area contributed by atoms with Crippen molar-refractivity contribution in [3.8, 4) is 6.07 Å². The molecule has 0 aliphatic heterocycles. The number of amides is 1. The normalized spacial score (nSPS) is 13.0. The van der Waals surface area contributed by atoms with E-state index in [1.807, 2.05) is 19.1 Å². The number of nitrogens with zero attached hydrogens (tertiary/aromatic N) is 2. The summed E-state index contributed by atoms with van der Waals surface area (Å²) in [5.41, 5.74) is 4.45. The molecule has 0 saturated carbocycles. The van der Waals surface area contributed by atoms with Crippen LogP contribution < -0.4 is 5.32 Å². The molecule has 1 aromatic heterocycles. The molecule has 0 radical (unpaired) electrons. The molecule has 4 nitrogen and oxygen atoms in total. The van der Waals surface area contributed by atoms with E-state index in [1.54, 1.807) is 12.1 Å². The number of benzene rings is 1. The first-order chi connectivity index (χ1) is 12.1. The SMILES string of the molecule is Cc1ccc(Cl)cc1NC(=O)CSc1nc2c(cc1C#N)CCCC2. The van der Waals surface area contributed by atoms with Crippen LogP contribution in [0.4, 0.5) is 5.69 Å². The molecule has 6 heteroatoms. The second kappa shape index (κ2) is 7.90. The van der Waals surface area contributed by atoms with Gasteiger partial charge in [0.15, 0.2) is 0 Å². The number of aromatic nitrogens is 1. The highest BCUT2D eigenvalue weighted by Gasteiger charge is 2.16. The van der Waals surface area contributed by atoms with Crippen molar-refractivity contribution in [3.05, 3.63) is 51.7 Å². The van der Waals surface area contributed by atoms with Crippen molar-refractivity contribution in [1.29, 1.82) is 5.26 Å². The fourth-order valence-corrected chi connectivity index (χ4v) is 3.80. The first kappa shape index (κ1) is 17.8. The highest BCUT2D eigenvalue weighted by Crippen LogP contribution is 2.27. The molecule has 1 heterocycles. The summed E-state index contributed by atoms with van der Waals surface area (Å²) in [5.74, 6) is 0.0608. The van der Waals surface area contributed by atoms with Gasteiger partial charge in [-0.25, -0.2) is 4.98 Å². The molecule has 0 atom stereocenters. The maximum absolute atomic E-state index is 12.3. The monoisotopic (exact) mass is 371 g/mol. The first-order valence-corrected chi connectivity index (χ1v) is 9.55. The minimum Gasteiger partial charge on any atom is -0.325 e. The smallest absolute Gasteiger partial charge is 0.234 e. The van der Waals surface area contributed by atoms with E-state index in [0.717, 1.165) is 36.9 Å². The van der Waals surface area contributed by atoms with Gasteiger partial charge in [-0.05, 0) is 61.9 Å². The van der Waals surface area contributed by atoms with Gasteiger partial charge in [0.1, 0.15) is 11.1 Å². The molecule has 0 unspecified atom stereocenters. The summed E-state index contributed by atoms with van der Waals surface area (Å²) in [6.45, 7) is 1.91. The summed E-state index contributed by atoms with van der Waals surface area (Å²) in [5, 5.41) is 13.5. The highest BCUT2D eigenvalue weighted by molar-refractivity contribution is 8.00. The topological polar surface area (TPSA) is 65.8 Å². The molecule has 0 fully saturated rings. The fraction of sp³-hybridized carbons (Fsp3) is 0.316. The lowest BCUT2D eigenvalue weighted by molar-refractivity contribution is -0.113. The summed E-state index contributed by atoms with van der Waals surface area (Å²) in [7, 11) is 0. The second-order valence-corrected chi connectivity index (χ2v) is 7.46. The minimum atomic E-state index is -0.140. The average molecular weight is 372 g/mol. The maximum Gasteiger partial charge on any atom is 0.234 e. The molecule has 3 rings (SSSR count). The van der Waals surface area contributed by atoms with Crippen molar-refractivity contribution in [2.45, 2.75) is 37.6 Å². The highest BCUT2D eigenvalue weighted by atomic mass is 35.5. The molecule has 0 saturated heterocycles. The molecule has 1 aliphatic rings. The Kier molecular flexibility index (Phi) is 5.62. The molecule has 0 spiro atoms. The minimum absolute atomic E-state index is 0.140. The number of hydrogen-bond acceptors (Lipinski definition) is 4. The van der Waals surface area contributed by atoms with Crippen molar-refractivity contribution in [2.75, 3.05) is 11.1 Å². The molecule has 128 valence electrons. The number of nitrogens with one attached hydrogen (secondary N) is 1. The standard InChI is InChI=1S/C19H18ClN3OS/c1-12-6-7-15(20)9-17(12)22-18(24)11-25-19-14(10-21)8-13-4-2-3-5-16(13)23-19/h6-9H,2-5,11H2,1H3,(H,22,24). The Morgan fingerprint density at radius 3 is 2.96 bits per heavy atom. The number of carbonyl (C=O) groups is 1. The average Bonchev–Trinajstić information content (AvgIpc) is 2.62. The van der Waals surface area contributed by atoms with Crippen LogP contribution in [0.2, 0.25) is 5.02 Å². The van der Waals surface area contributed by atoms with Gasteiger partial charge < -0.3 is 5.32 Å². The maximum atomic E-state index is 12.3. The van der Waals surface area contributed by atoms with E-state index in [0.29, 0.717) is 21.3 Å². The van der Waals surface area contributed by atoms with Gasteiger partial charge in [-0.2, -0.15) is 5.26 Å². The summed E-state index contributed by atoms with van der Waals surface area (Å²) in [6, 6.07) is 9.52. The molecule has 25 heavy (non-hydrogen) atoms. The molecular weight excluding hydrogens is 354 g/mol. The Hall–Kier alpha value is -2.03. The van der Waals surface area contributed by atoms with Gasteiger partial charge in [0.2, 0.25) is 5.91 Å². The van der Waals surface area contributed by atoms with E-state index in [9.17, 15) is 10.1 Å². The number of thioether (sulfide) groups is 1. The largest absolute Gasteiger partial charge is 0.325 e.